The maximum absolute atomic E-state index is 14.1. The van der Waals surface area contributed by atoms with Gasteiger partial charge in [-0.25, -0.2) is 19.4 Å². The van der Waals surface area contributed by atoms with Gasteiger partial charge in [0.25, 0.3) is 10.1 Å². The molecule has 0 saturated carbocycles. The Balaban J connectivity index is 0.000000324. The third kappa shape index (κ3) is 6.50. The van der Waals surface area contributed by atoms with Crippen LogP contribution >= 0.6 is 0 Å². The van der Waals surface area contributed by atoms with Gasteiger partial charge in [0.2, 0.25) is 5.88 Å². The molecular weight excluding hydrogens is 663 g/mol. The van der Waals surface area contributed by atoms with E-state index in [-0.39, 0.29) is 16.3 Å². The SMILES string of the molecule is COc1ccc(-c2ccc3ncc4c(c3c2)n(-c2ccc(-n3cncn3)c(C(F)(F)F)c2)c(=O)n4C)cn1.Cc1ccc(S(=O)(=O)O)cc1. The fourth-order valence-corrected chi connectivity index (χ4v) is 5.70. The first kappa shape index (κ1) is 33.0. The molecule has 0 saturated heterocycles. The topological polar surface area (TPSA) is 147 Å². The van der Waals surface area contributed by atoms with E-state index < -0.39 is 27.5 Å². The van der Waals surface area contributed by atoms with Gasteiger partial charge in [0.1, 0.15) is 12.7 Å². The number of benzene rings is 3. The fraction of sp³-hybridized carbons (Fsp3) is 0.121. The number of nitrogens with zero attached hydrogens (tertiary/aromatic N) is 7. The molecule has 0 atom stereocenters. The van der Waals surface area contributed by atoms with Crippen LogP contribution in [0, 0.1) is 6.92 Å². The van der Waals surface area contributed by atoms with E-state index in [0.29, 0.717) is 27.8 Å². The van der Waals surface area contributed by atoms with Gasteiger partial charge < -0.3 is 4.74 Å². The number of imidazole rings is 1. The highest BCUT2D eigenvalue weighted by molar-refractivity contribution is 7.85. The molecule has 0 fully saturated rings. The van der Waals surface area contributed by atoms with Gasteiger partial charge in [-0.05, 0) is 61.0 Å². The molecule has 0 aliphatic rings. The lowest BCUT2D eigenvalue weighted by molar-refractivity contribution is -0.137. The van der Waals surface area contributed by atoms with Gasteiger partial charge in [-0.2, -0.15) is 26.7 Å². The Bertz CT molecular complexity index is 2480. The van der Waals surface area contributed by atoms with Crippen molar-refractivity contribution in [1.82, 2.24) is 33.9 Å². The summed E-state index contributed by atoms with van der Waals surface area (Å²) in [6, 6.07) is 18.7. The monoisotopic (exact) mass is 689 g/mol. The molecule has 3 aromatic carbocycles. The number of alkyl halides is 3. The van der Waals surface area contributed by atoms with Crippen molar-refractivity contribution in [2.24, 2.45) is 7.05 Å². The number of ether oxygens (including phenoxy) is 1. The van der Waals surface area contributed by atoms with Crippen molar-refractivity contribution >= 4 is 32.1 Å². The molecule has 0 unspecified atom stereocenters. The Morgan fingerprint density at radius 3 is 2.24 bits per heavy atom. The van der Waals surface area contributed by atoms with Gasteiger partial charge >= 0.3 is 11.9 Å². The molecule has 12 nitrogen and oxygen atoms in total. The van der Waals surface area contributed by atoms with E-state index in [1.807, 2.05) is 25.1 Å². The van der Waals surface area contributed by atoms with Crippen molar-refractivity contribution in [3.63, 3.8) is 0 Å². The van der Waals surface area contributed by atoms with E-state index in [4.69, 9.17) is 9.29 Å². The Morgan fingerprint density at radius 2 is 1.63 bits per heavy atom. The van der Waals surface area contributed by atoms with Gasteiger partial charge in [-0.1, -0.05) is 23.8 Å². The molecule has 0 radical (unpaired) electrons. The fourth-order valence-electron chi connectivity index (χ4n) is 5.22. The zero-order valence-corrected chi connectivity index (χ0v) is 26.8. The van der Waals surface area contributed by atoms with E-state index >= 15 is 0 Å². The summed E-state index contributed by atoms with van der Waals surface area (Å²) >= 11 is 0. The number of methoxy groups -OCH3 is 1. The third-order valence-corrected chi connectivity index (χ3v) is 8.56. The minimum absolute atomic E-state index is 0.0563. The molecule has 1 N–H and O–H groups in total. The summed E-state index contributed by atoms with van der Waals surface area (Å²) in [6.07, 6.45) is 0.827. The second kappa shape index (κ2) is 12.6. The van der Waals surface area contributed by atoms with Crippen LogP contribution in [0.4, 0.5) is 13.2 Å². The summed E-state index contributed by atoms with van der Waals surface area (Å²) in [5, 5.41) is 4.44. The van der Waals surface area contributed by atoms with Gasteiger partial charge in [0.05, 0.1) is 51.7 Å². The highest BCUT2D eigenvalue weighted by Crippen LogP contribution is 2.36. The van der Waals surface area contributed by atoms with Gasteiger partial charge in [0.15, 0.2) is 0 Å². The summed E-state index contributed by atoms with van der Waals surface area (Å²) < 4.78 is 80.7. The van der Waals surface area contributed by atoms with Crippen LogP contribution in [0.5, 0.6) is 5.88 Å². The number of hydrogen-bond donors (Lipinski definition) is 1. The minimum atomic E-state index is -4.70. The Hall–Kier alpha value is -5.87. The number of aryl methyl sites for hydroxylation is 2. The van der Waals surface area contributed by atoms with Crippen LogP contribution in [-0.2, 0) is 23.3 Å². The van der Waals surface area contributed by atoms with Crippen molar-refractivity contribution in [2.75, 3.05) is 7.11 Å². The molecule has 0 bridgehead atoms. The summed E-state index contributed by atoms with van der Waals surface area (Å²) in [5.74, 6) is 0.463. The van der Waals surface area contributed by atoms with Gasteiger partial charge in [0, 0.05) is 30.3 Å². The second-order valence-electron chi connectivity index (χ2n) is 10.8. The lowest BCUT2D eigenvalue weighted by atomic mass is 10.0. The summed E-state index contributed by atoms with van der Waals surface area (Å²) in [5.41, 5.74) is 2.44. The summed E-state index contributed by atoms with van der Waals surface area (Å²) in [4.78, 5) is 25.8. The maximum atomic E-state index is 14.1. The Kier molecular flexibility index (Phi) is 8.52. The van der Waals surface area contributed by atoms with Gasteiger partial charge in [-0.3, -0.25) is 18.7 Å². The molecule has 4 heterocycles. The number of fused-ring (bicyclic) bond motifs is 3. The first-order valence-corrected chi connectivity index (χ1v) is 15.8. The van der Waals surface area contributed by atoms with Crippen LogP contribution in [0.25, 0.3) is 44.4 Å². The molecule has 0 aliphatic carbocycles. The van der Waals surface area contributed by atoms with Crippen molar-refractivity contribution in [2.45, 2.75) is 18.0 Å². The highest BCUT2D eigenvalue weighted by atomic mass is 32.2. The van der Waals surface area contributed by atoms with Crippen LogP contribution in [0.15, 0.2) is 108 Å². The standard InChI is InChI=1S/C26H18F3N7O2.C7H8O3S/c1-34-22-12-31-20-6-3-15(16-4-8-23(38-2)32-11-16)9-18(20)24(22)36(25(34)37)17-5-7-21(35-14-30-13-33-35)19(10-17)26(27,28)29;1-6-2-4-7(5-3-6)11(8,9)10/h3-14H,1-2H3;2-5H,1H3,(H,8,9,10). The molecule has 0 amide bonds. The quantitative estimate of drug-likeness (QED) is 0.222. The Labute approximate surface area is 276 Å². The number of hydrogen-bond acceptors (Lipinski definition) is 8. The minimum Gasteiger partial charge on any atom is -0.481 e. The van der Waals surface area contributed by atoms with Crippen LogP contribution in [0.2, 0.25) is 0 Å². The van der Waals surface area contributed by atoms with Crippen molar-refractivity contribution in [3.05, 3.63) is 119 Å². The van der Waals surface area contributed by atoms with Crippen molar-refractivity contribution in [1.29, 1.82) is 0 Å². The summed E-state index contributed by atoms with van der Waals surface area (Å²) in [6.45, 7) is 1.84. The second-order valence-corrected chi connectivity index (χ2v) is 12.2. The van der Waals surface area contributed by atoms with E-state index in [1.54, 1.807) is 43.7 Å². The van der Waals surface area contributed by atoms with Gasteiger partial charge in [-0.15, -0.1) is 0 Å². The van der Waals surface area contributed by atoms with Crippen molar-refractivity contribution < 1.29 is 30.9 Å². The molecule has 7 rings (SSSR count). The number of pyridine rings is 2. The molecular formula is C33H26F3N7O5S. The van der Waals surface area contributed by atoms with E-state index in [2.05, 4.69) is 20.1 Å². The smallest absolute Gasteiger partial charge is 0.418 e. The summed E-state index contributed by atoms with van der Waals surface area (Å²) in [7, 11) is -0.938. The molecule has 49 heavy (non-hydrogen) atoms. The largest absolute Gasteiger partial charge is 0.481 e. The lowest BCUT2D eigenvalue weighted by Crippen LogP contribution is -2.21. The molecule has 7 aromatic rings. The van der Waals surface area contributed by atoms with E-state index in [0.717, 1.165) is 33.8 Å². The average molecular weight is 690 g/mol. The van der Waals surface area contributed by atoms with Crippen LogP contribution in [-0.4, -0.2) is 53.9 Å². The molecule has 0 spiro atoms. The van der Waals surface area contributed by atoms with Crippen LogP contribution in [0.1, 0.15) is 11.1 Å². The lowest BCUT2D eigenvalue weighted by Gasteiger charge is -2.15. The predicted molar refractivity (Wildman–Crippen MR) is 175 cm³/mol. The van der Waals surface area contributed by atoms with Crippen LogP contribution < -0.4 is 10.4 Å². The van der Waals surface area contributed by atoms with Crippen LogP contribution in [0.3, 0.4) is 0 Å². The predicted octanol–water partition coefficient (Wildman–Crippen LogP) is 5.79. The Morgan fingerprint density at radius 1 is 0.898 bits per heavy atom. The van der Waals surface area contributed by atoms with E-state index in [1.165, 1.54) is 46.8 Å². The number of aromatic nitrogens is 7. The zero-order chi connectivity index (χ0) is 35.1. The molecule has 0 aliphatic heterocycles. The van der Waals surface area contributed by atoms with E-state index in [9.17, 15) is 26.4 Å². The normalized spacial score (nSPS) is 11.8. The number of rotatable bonds is 5. The maximum Gasteiger partial charge on any atom is 0.418 e. The molecule has 16 heteroatoms. The van der Waals surface area contributed by atoms with Crippen molar-refractivity contribution in [3.8, 4) is 28.4 Å². The number of halogens is 3. The first-order valence-electron chi connectivity index (χ1n) is 14.4. The first-order chi connectivity index (χ1) is 23.3. The third-order valence-electron chi connectivity index (χ3n) is 7.69. The zero-order valence-electron chi connectivity index (χ0n) is 26.0. The molecule has 4 aromatic heterocycles. The molecule has 250 valence electrons. The average Bonchev–Trinajstić information content (AvgIpc) is 3.71. The highest BCUT2D eigenvalue weighted by Gasteiger charge is 2.35.